The molecule has 1 aliphatic heterocycles. The number of hydrogen-bond donors (Lipinski definition) is 2. The van der Waals surface area contributed by atoms with E-state index in [4.69, 9.17) is 0 Å². The van der Waals surface area contributed by atoms with Crippen LogP contribution in [0.5, 0.6) is 0 Å². The predicted octanol–water partition coefficient (Wildman–Crippen LogP) is 2.29. The van der Waals surface area contributed by atoms with Crippen molar-refractivity contribution in [1.29, 1.82) is 0 Å². The Bertz CT molecular complexity index is 691. The summed E-state index contributed by atoms with van der Waals surface area (Å²) in [6.07, 6.45) is 2.02. The van der Waals surface area contributed by atoms with Crippen LogP contribution in [-0.4, -0.2) is 46.2 Å². The molecule has 0 radical (unpaired) electrons. The van der Waals surface area contributed by atoms with E-state index in [-0.39, 0.29) is 12.0 Å². The minimum absolute atomic E-state index is 0.0379. The average Bonchev–Trinajstić information content (AvgIpc) is 2.58. The first-order chi connectivity index (χ1) is 11.1. The molecule has 1 aliphatic rings. The van der Waals surface area contributed by atoms with Crippen LogP contribution in [0.4, 0.5) is 5.82 Å². The molecule has 0 spiro atoms. The molecule has 0 amide bonds. The van der Waals surface area contributed by atoms with Crippen LogP contribution in [-0.2, 0) is 0 Å². The van der Waals surface area contributed by atoms with E-state index in [2.05, 4.69) is 34.2 Å². The number of aliphatic hydroxyl groups is 2. The molecule has 124 valence electrons. The minimum atomic E-state index is -0.553. The fraction of sp³-hybridized carbons (Fsp3) is 0.556. The zero-order valence-corrected chi connectivity index (χ0v) is 13.9. The maximum Gasteiger partial charge on any atom is 0.159 e. The summed E-state index contributed by atoms with van der Waals surface area (Å²) in [7, 11) is 0. The van der Waals surface area contributed by atoms with E-state index in [1.807, 2.05) is 19.1 Å². The third-order valence-corrected chi connectivity index (χ3v) is 5.19. The maximum absolute atomic E-state index is 10.7. The SMILES string of the molecule is CCC[C@]1(CO)CCN(c2nnc(C)c3ccccc23)C[C@@H]1O. The van der Waals surface area contributed by atoms with Gasteiger partial charge in [-0.1, -0.05) is 37.6 Å². The van der Waals surface area contributed by atoms with Crippen molar-refractivity contribution in [3.8, 4) is 0 Å². The normalized spacial score (nSPS) is 25.0. The molecule has 2 atom stereocenters. The van der Waals surface area contributed by atoms with Crippen LogP contribution >= 0.6 is 0 Å². The number of nitrogens with zero attached hydrogens (tertiary/aromatic N) is 3. The number of benzene rings is 1. The molecule has 3 rings (SSSR count). The first kappa shape index (κ1) is 16.1. The lowest BCUT2D eigenvalue weighted by Crippen LogP contribution is -2.53. The van der Waals surface area contributed by atoms with Crippen LogP contribution in [0.25, 0.3) is 10.8 Å². The smallest absolute Gasteiger partial charge is 0.159 e. The second-order valence-corrected chi connectivity index (χ2v) is 6.64. The standard InChI is InChI=1S/C18H25N3O2/c1-3-8-18(12-22)9-10-21(11-16(18)23)17-15-7-5-4-6-14(15)13(2)19-20-17/h4-7,16,22-23H,3,8-12H2,1-2H3/t16-,18+/m0/s1. The van der Waals surface area contributed by atoms with Crippen molar-refractivity contribution in [3.63, 3.8) is 0 Å². The molecule has 5 heteroatoms. The number of aliphatic hydroxyl groups excluding tert-OH is 2. The zero-order chi connectivity index (χ0) is 16.4. The summed E-state index contributed by atoms with van der Waals surface area (Å²) in [5, 5.41) is 31.3. The molecule has 2 N–H and O–H groups in total. The maximum atomic E-state index is 10.7. The summed E-state index contributed by atoms with van der Waals surface area (Å²) >= 11 is 0. The Morgan fingerprint density at radius 1 is 1.26 bits per heavy atom. The molecular formula is C18H25N3O2. The van der Waals surface area contributed by atoms with E-state index in [9.17, 15) is 10.2 Å². The van der Waals surface area contributed by atoms with Crippen molar-refractivity contribution in [2.75, 3.05) is 24.6 Å². The Morgan fingerprint density at radius 2 is 2.00 bits per heavy atom. The number of aromatic nitrogens is 2. The Kier molecular flexibility index (Phi) is 4.50. The second-order valence-electron chi connectivity index (χ2n) is 6.64. The van der Waals surface area contributed by atoms with E-state index >= 15 is 0 Å². The molecule has 2 aromatic rings. The highest BCUT2D eigenvalue weighted by molar-refractivity contribution is 5.93. The van der Waals surface area contributed by atoms with Gasteiger partial charge in [0.05, 0.1) is 18.4 Å². The molecule has 0 aliphatic carbocycles. The van der Waals surface area contributed by atoms with Gasteiger partial charge in [0.1, 0.15) is 0 Å². The van der Waals surface area contributed by atoms with Crippen LogP contribution in [0.3, 0.4) is 0 Å². The number of β-amino-alcohol motifs (C(OH)–C–C–N with tert-alkyl or cyclic N) is 1. The number of aryl methyl sites for hydroxylation is 1. The summed E-state index contributed by atoms with van der Waals surface area (Å²) < 4.78 is 0. The highest BCUT2D eigenvalue weighted by atomic mass is 16.3. The lowest BCUT2D eigenvalue weighted by molar-refractivity contribution is -0.0371. The quantitative estimate of drug-likeness (QED) is 0.906. The molecular weight excluding hydrogens is 290 g/mol. The first-order valence-electron chi connectivity index (χ1n) is 8.37. The van der Waals surface area contributed by atoms with E-state index in [0.29, 0.717) is 6.54 Å². The van der Waals surface area contributed by atoms with Crippen LogP contribution < -0.4 is 4.90 Å². The van der Waals surface area contributed by atoms with Crippen molar-refractivity contribution in [2.45, 2.75) is 39.2 Å². The predicted molar refractivity (Wildman–Crippen MR) is 91.5 cm³/mol. The van der Waals surface area contributed by atoms with Gasteiger partial charge in [-0.3, -0.25) is 0 Å². The Morgan fingerprint density at radius 3 is 2.65 bits per heavy atom. The number of fused-ring (bicyclic) bond motifs is 1. The van der Waals surface area contributed by atoms with Crippen molar-refractivity contribution < 1.29 is 10.2 Å². The lowest BCUT2D eigenvalue weighted by atomic mass is 9.73. The molecule has 0 saturated carbocycles. The summed E-state index contributed by atoms with van der Waals surface area (Å²) in [6, 6.07) is 8.11. The summed E-state index contributed by atoms with van der Waals surface area (Å²) in [6.45, 7) is 5.36. The molecule has 1 aromatic heterocycles. The van der Waals surface area contributed by atoms with Gasteiger partial charge < -0.3 is 15.1 Å². The fourth-order valence-corrected chi connectivity index (χ4v) is 3.72. The van der Waals surface area contributed by atoms with Gasteiger partial charge in [0.2, 0.25) is 0 Å². The number of rotatable bonds is 4. The van der Waals surface area contributed by atoms with Gasteiger partial charge in [-0.05, 0) is 19.8 Å². The summed E-state index contributed by atoms with van der Waals surface area (Å²) in [5.74, 6) is 0.827. The first-order valence-corrected chi connectivity index (χ1v) is 8.37. The van der Waals surface area contributed by atoms with Gasteiger partial charge in [0.25, 0.3) is 0 Å². The third-order valence-electron chi connectivity index (χ3n) is 5.19. The molecule has 23 heavy (non-hydrogen) atoms. The monoisotopic (exact) mass is 315 g/mol. The average molecular weight is 315 g/mol. The molecule has 1 saturated heterocycles. The van der Waals surface area contributed by atoms with Gasteiger partial charge in [0.15, 0.2) is 5.82 Å². The fourth-order valence-electron chi connectivity index (χ4n) is 3.72. The van der Waals surface area contributed by atoms with Gasteiger partial charge >= 0.3 is 0 Å². The topological polar surface area (TPSA) is 69.5 Å². The van der Waals surface area contributed by atoms with E-state index < -0.39 is 6.10 Å². The minimum Gasteiger partial charge on any atom is -0.396 e. The van der Waals surface area contributed by atoms with Gasteiger partial charge in [0, 0.05) is 29.3 Å². The van der Waals surface area contributed by atoms with E-state index in [0.717, 1.165) is 48.1 Å². The van der Waals surface area contributed by atoms with E-state index in [1.54, 1.807) is 0 Å². The lowest BCUT2D eigenvalue weighted by Gasteiger charge is -2.45. The van der Waals surface area contributed by atoms with Crippen molar-refractivity contribution in [1.82, 2.24) is 10.2 Å². The largest absolute Gasteiger partial charge is 0.396 e. The number of piperidine rings is 1. The van der Waals surface area contributed by atoms with Crippen LogP contribution in [0.1, 0.15) is 31.9 Å². The van der Waals surface area contributed by atoms with E-state index in [1.165, 1.54) is 0 Å². The van der Waals surface area contributed by atoms with Gasteiger partial charge in [-0.15, -0.1) is 5.10 Å². The van der Waals surface area contributed by atoms with Gasteiger partial charge in [-0.2, -0.15) is 5.10 Å². The van der Waals surface area contributed by atoms with Crippen molar-refractivity contribution in [3.05, 3.63) is 30.0 Å². The Labute approximate surface area is 137 Å². The molecule has 2 heterocycles. The molecule has 0 bridgehead atoms. The molecule has 5 nitrogen and oxygen atoms in total. The van der Waals surface area contributed by atoms with Crippen LogP contribution in [0.15, 0.2) is 24.3 Å². The highest BCUT2D eigenvalue weighted by Crippen LogP contribution is 2.38. The molecule has 1 aromatic carbocycles. The van der Waals surface area contributed by atoms with Crippen LogP contribution in [0.2, 0.25) is 0 Å². The zero-order valence-electron chi connectivity index (χ0n) is 13.9. The summed E-state index contributed by atoms with van der Waals surface area (Å²) in [5.41, 5.74) is 0.539. The van der Waals surface area contributed by atoms with Crippen LogP contribution in [0, 0.1) is 12.3 Å². The van der Waals surface area contributed by atoms with Crippen molar-refractivity contribution in [2.24, 2.45) is 5.41 Å². The molecule has 1 fully saturated rings. The van der Waals surface area contributed by atoms with Gasteiger partial charge in [-0.25, -0.2) is 0 Å². The highest BCUT2D eigenvalue weighted by Gasteiger charge is 2.41. The Hall–Kier alpha value is -1.72. The summed E-state index contributed by atoms with van der Waals surface area (Å²) in [4.78, 5) is 2.10. The molecule has 0 unspecified atom stereocenters. The Balaban J connectivity index is 1.92. The third kappa shape index (κ3) is 2.79. The van der Waals surface area contributed by atoms with Crippen molar-refractivity contribution >= 4 is 16.6 Å². The number of anilines is 1. The number of hydrogen-bond acceptors (Lipinski definition) is 5. The second kappa shape index (κ2) is 6.42.